The van der Waals surface area contributed by atoms with Gasteiger partial charge in [-0.1, -0.05) is 24.8 Å². The smallest absolute Gasteiger partial charge is 0.340 e. The molecule has 5 heteroatoms. The molecule has 1 aromatic carbocycles. The Morgan fingerprint density at radius 3 is 2.64 bits per heavy atom. The zero-order valence-corrected chi connectivity index (χ0v) is 12.8. The third kappa shape index (κ3) is 2.88. The van der Waals surface area contributed by atoms with Crippen molar-refractivity contribution in [1.82, 2.24) is 4.57 Å². The fourth-order valence-electron chi connectivity index (χ4n) is 2.55. The Bertz CT molecular complexity index is 742. The number of carboxylic acids is 1. The number of esters is 1. The molecule has 2 rings (SSSR count). The number of aryl methyl sites for hydroxylation is 1. The lowest BCUT2D eigenvalue weighted by Crippen LogP contribution is -2.10. The number of fused-ring (bicyclic) bond motifs is 1. The quantitative estimate of drug-likeness (QED) is 0.658. The van der Waals surface area contributed by atoms with Crippen LogP contribution in [0.4, 0.5) is 0 Å². The number of carbonyl (C=O) groups is 2. The first-order chi connectivity index (χ1) is 10.5. The first-order valence-electron chi connectivity index (χ1n) is 7.11. The van der Waals surface area contributed by atoms with Crippen LogP contribution in [0.1, 0.15) is 29.4 Å². The minimum absolute atomic E-state index is 0.125. The molecule has 2 aromatic rings. The molecule has 0 aliphatic heterocycles. The number of benzene rings is 1. The normalized spacial score (nSPS) is 10.6. The fourth-order valence-corrected chi connectivity index (χ4v) is 2.55. The molecule has 0 aliphatic carbocycles. The highest BCUT2D eigenvalue weighted by Gasteiger charge is 2.22. The average Bonchev–Trinajstić information content (AvgIpc) is 2.78. The van der Waals surface area contributed by atoms with Crippen molar-refractivity contribution in [3.63, 3.8) is 0 Å². The highest BCUT2D eigenvalue weighted by molar-refractivity contribution is 6.06. The summed E-state index contributed by atoms with van der Waals surface area (Å²) in [6, 6.07) is 7.56. The van der Waals surface area contributed by atoms with Crippen molar-refractivity contribution in [3.05, 3.63) is 47.7 Å². The van der Waals surface area contributed by atoms with Crippen LogP contribution < -0.4 is 0 Å². The molecule has 0 amide bonds. The number of para-hydroxylation sites is 1. The predicted octanol–water partition coefficient (Wildman–Crippen LogP) is 2.93. The summed E-state index contributed by atoms with van der Waals surface area (Å²) in [6.07, 6.45) is 0.705. The number of aromatic nitrogens is 1. The van der Waals surface area contributed by atoms with Gasteiger partial charge in [0.15, 0.2) is 0 Å². The Labute approximate surface area is 128 Å². The second-order valence-electron chi connectivity index (χ2n) is 5.03. The third-order valence-corrected chi connectivity index (χ3v) is 3.67. The summed E-state index contributed by atoms with van der Waals surface area (Å²) >= 11 is 0. The highest BCUT2D eigenvalue weighted by atomic mass is 16.5. The van der Waals surface area contributed by atoms with Crippen LogP contribution in [0.15, 0.2) is 36.4 Å². The number of aliphatic carboxylic acids is 1. The Balaban J connectivity index is 2.48. The monoisotopic (exact) mass is 301 g/mol. The van der Waals surface area contributed by atoms with E-state index in [0.29, 0.717) is 18.6 Å². The number of carboxylic acid groups (broad SMARTS) is 1. The Morgan fingerprint density at radius 1 is 1.32 bits per heavy atom. The molecule has 0 spiro atoms. The standard InChI is InChI=1S/C17H19NO4/c1-4-22-17(21)15-12-7-5-6-8-13(12)18(3)14(15)10-9-11(2)16(19)20/h5-8H,2,4,9-10H2,1,3H3,(H,19,20). The lowest BCUT2D eigenvalue weighted by molar-refractivity contribution is -0.132. The minimum Gasteiger partial charge on any atom is -0.478 e. The van der Waals surface area contributed by atoms with E-state index in [1.807, 2.05) is 35.9 Å². The number of nitrogens with zero attached hydrogens (tertiary/aromatic N) is 1. The SMILES string of the molecule is C=C(CCc1c(C(=O)OCC)c2ccccc2n1C)C(=O)O. The maximum Gasteiger partial charge on any atom is 0.340 e. The number of hydrogen-bond donors (Lipinski definition) is 1. The summed E-state index contributed by atoms with van der Waals surface area (Å²) in [4.78, 5) is 23.2. The largest absolute Gasteiger partial charge is 0.478 e. The van der Waals surface area contributed by atoms with Crippen LogP contribution in [-0.2, 0) is 23.0 Å². The van der Waals surface area contributed by atoms with Gasteiger partial charge in [0.1, 0.15) is 0 Å². The number of hydrogen-bond acceptors (Lipinski definition) is 3. The number of carbonyl (C=O) groups excluding carboxylic acids is 1. The molecular formula is C17H19NO4. The summed E-state index contributed by atoms with van der Waals surface area (Å²) in [5.74, 6) is -1.40. The molecule has 0 radical (unpaired) electrons. The van der Waals surface area contributed by atoms with Crippen LogP contribution in [0.3, 0.4) is 0 Å². The Kier molecular flexibility index (Phi) is 4.65. The zero-order valence-electron chi connectivity index (χ0n) is 12.8. The van der Waals surface area contributed by atoms with Gasteiger partial charge in [0.05, 0.1) is 12.2 Å². The van der Waals surface area contributed by atoms with E-state index in [4.69, 9.17) is 9.84 Å². The van der Waals surface area contributed by atoms with Gasteiger partial charge in [0.2, 0.25) is 0 Å². The Hall–Kier alpha value is -2.56. The van der Waals surface area contributed by atoms with E-state index >= 15 is 0 Å². The topological polar surface area (TPSA) is 68.5 Å². The molecule has 1 N–H and O–H groups in total. The van der Waals surface area contributed by atoms with E-state index in [1.165, 1.54) is 0 Å². The maximum atomic E-state index is 12.3. The van der Waals surface area contributed by atoms with E-state index in [0.717, 1.165) is 16.6 Å². The minimum atomic E-state index is -1.02. The van der Waals surface area contributed by atoms with Crippen LogP contribution in [0, 0.1) is 0 Å². The molecule has 0 saturated heterocycles. The van der Waals surface area contributed by atoms with E-state index in [-0.39, 0.29) is 18.0 Å². The summed E-state index contributed by atoms with van der Waals surface area (Å²) in [6.45, 7) is 5.59. The van der Waals surface area contributed by atoms with Crippen LogP contribution in [0.2, 0.25) is 0 Å². The van der Waals surface area contributed by atoms with Crippen molar-refractivity contribution in [1.29, 1.82) is 0 Å². The molecular weight excluding hydrogens is 282 g/mol. The molecule has 0 unspecified atom stereocenters. The molecule has 116 valence electrons. The van der Waals surface area contributed by atoms with Gasteiger partial charge in [-0.3, -0.25) is 0 Å². The first kappa shape index (κ1) is 15.8. The van der Waals surface area contributed by atoms with E-state index < -0.39 is 5.97 Å². The van der Waals surface area contributed by atoms with Gasteiger partial charge in [-0.25, -0.2) is 9.59 Å². The highest BCUT2D eigenvalue weighted by Crippen LogP contribution is 2.27. The lowest BCUT2D eigenvalue weighted by Gasteiger charge is -2.08. The molecule has 0 aliphatic rings. The van der Waals surface area contributed by atoms with E-state index in [9.17, 15) is 9.59 Å². The predicted molar refractivity (Wildman–Crippen MR) is 84.0 cm³/mol. The molecule has 0 saturated carbocycles. The van der Waals surface area contributed by atoms with E-state index in [2.05, 4.69) is 6.58 Å². The van der Waals surface area contributed by atoms with Crippen LogP contribution in [-0.4, -0.2) is 28.2 Å². The van der Waals surface area contributed by atoms with Crippen molar-refractivity contribution in [2.24, 2.45) is 7.05 Å². The van der Waals surface area contributed by atoms with Crippen molar-refractivity contribution in [2.45, 2.75) is 19.8 Å². The zero-order chi connectivity index (χ0) is 16.3. The average molecular weight is 301 g/mol. The van der Waals surface area contributed by atoms with E-state index in [1.54, 1.807) is 6.92 Å². The van der Waals surface area contributed by atoms with Crippen molar-refractivity contribution in [2.75, 3.05) is 6.61 Å². The van der Waals surface area contributed by atoms with Gasteiger partial charge >= 0.3 is 11.9 Å². The van der Waals surface area contributed by atoms with Crippen LogP contribution in [0.25, 0.3) is 10.9 Å². The van der Waals surface area contributed by atoms with Gasteiger partial charge in [-0.2, -0.15) is 0 Å². The van der Waals surface area contributed by atoms with Crippen molar-refractivity contribution < 1.29 is 19.4 Å². The van der Waals surface area contributed by atoms with Crippen molar-refractivity contribution in [3.8, 4) is 0 Å². The Morgan fingerprint density at radius 2 is 2.00 bits per heavy atom. The van der Waals surface area contributed by atoms with Crippen LogP contribution >= 0.6 is 0 Å². The second kappa shape index (κ2) is 6.47. The van der Waals surface area contributed by atoms with Gasteiger partial charge in [0.25, 0.3) is 0 Å². The second-order valence-corrected chi connectivity index (χ2v) is 5.03. The van der Waals surface area contributed by atoms with Crippen LogP contribution in [0.5, 0.6) is 0 Å². The van der Waals surface area contributed by atoms with Gasteiger partial charge in [-0.05, 0) is 25.8 Å². The lowest BCUT2D eigenvalue weighted by atomic mass is 10.1. The fraction of sp³-hybridized carbons (Fsp3) is 0.294. The van der Waals surface area contributed by atoms with Crippen molar-refractivity contribution >= 4 is 22.8 Å². The van der Waals surface area contributed by atoms with Gasteiger partial charge in [0, 0.05) is 29.2 Å². The summed E-state index contributed by atoms with van der Waals surface area (Å²) in [5.41, 5.74) is 2.32. The summed E-state index contributed by atoms with van der Waals surface area (Å²) in [7, 11) is 1.87. The third-order valence-electron chi connectivity index (χ3n) is 3.67. The molecule has 1 heterocycles. The number of rotatable bonds is 6. The number of ether oxygens (including phenoxy) is 1. The van der Waals surface area contributed by atoms with Gasteiger partial charge < -0.3 is 14.4 Å². The van der Waals surface area contributed by atoms with Gasteiger partial charge in [-0.15, -0.1) is 0 Å². The molecule has 22 heavy (non-hydrogen) atoms. The summed E-state index contributed by atoms with van der Waals surface area (Å²) < 4.78 is 7.07. The maximum absolute atomic E-state index is 12.3. The molecule has 5 nitrogen and oxygen atoms in total. The first-order valence-corrected chi connectivity index (χ1v) is 7.11. The molecule has 0 fully saturated rings. The molecule has 0 bridgehead atoms. The molecule has 1 aromatic heterocycles. The summed E-state index contributed by atoms with van der Waals surface area (Å²) in [5, 5.41) is 9.75. The molecule has 0 atom stereocenters.